The van der Waals surface area contributed by atoms with E-state index in [-0.39, 0.29) is 0 Å². The Bertz CT molecular complexity index is 298. The van der Waals surface area contributed by atoms with Crippen molar-refractivity contribution >= 4 is 23.2 Å². The van der Waals surface area contributed by atoms with Crippen LogP contribution in [0.4, 0.5) is 0 Å². The highest BCUT2D eigenvalue weighted by atomic mass is 35.5. The Morgan fingerprint density at radius 2 is 1.56 bits per heavy atom. The summed E-state index contributed by atoms with van der Waals surface area (Å²) in [6.07, 6.45) is 4.43. The van der Waals surface area contributed by atoms with Crippen LogP contribution in [0.2, 0.25) is 10.0 Å². The highest BCUT2D eigenvalue weighted by Crippen LogP contribution is 2.24. The molecule has 0 saturated heterocycles. The van der Waals surface area contributed by atoms with Crippen molar-refractivity contribution in [1.29, 1.82) is 0 Å². The van der Waals surface area contributed by atoms with Gasteiger partial charge in [-0.15, -0.1) is 0 Å². The van der Waals surface area contributed by atoms with Crippen LogP contribution in [0, 0.1) is 0 Å². The van der Waals surface area contributed by atoms with Gasteiger partial charge >= 0.3 is 0 Å². The van der Waals surface area contributed by atoms with Gasteiger partial charge in [0, 0.05) is 10.0 Å². The summed E-state index contributed by atoms with van der Waals surface area (Å²) >= 11 is 11.7. The van der Waals surface area contributed by atoms with Crippen LogP contribution in [-0.4, -0.2) is 13.2 Å². The van der Waals surface area contributed by atoms with Crippen molar-refractivity contribution in [2.45, 2.75) is 25.7 Å². The van der Waals surface area contributed by atoms with E-state index < -0.39 is 0 Å². The Labute approximate surface area is 107 Å². The van der Waals surface area contributed by atoms with Crippen molar-refractivity contribution in [3.8, 4) is 5.75 Å². The van der Waals surface area contributed by atoms with E-state index >= 15 is 0 Å². The smallest absolute Gasteiger partial charge is 0.122 e. The second kappa shape index (κ2) is 7.77. The first kappa shape index (κ1) is 13.6. The molecule has 0 spiro atoms. The molecule has 1 aromatic carbocycles. The highest BCUT2D eigenvalue weighted by Gasteiger charge is 1.98. The zero-order valence-electron chi connectivity index (χ0n) is 9.22. The molecule has 16 heavy (non-hydrogen) atoms. The van der Waals surface area contributed by atoms with E-state index in [0.29, 0.717) is 16.7 Å². The Morgan fingerprint density at radius 3 is 2.19 bits per heavy atom. The molecule has 0 saturated carbocycles. The molecule has 0 fully saturated rings. The van der Waals surface area contributed by atoms with E-state index in [0.717, 1.165) is 38.0 Å². The molecule has 90 valence electrons. The number of hydrogen-bond donors (Lipinski definition) is 1. The van der Waals surface area contributed by atoms with Crippen molar-refractivity contribution in [3.05, 3.63) is 28.2 Å². The molecule has 0 amide bonds. The predicted molar refractivity (Wildman–Crippen MR) is 69.5 cm³/mol. The predicted octanol–water partition coefficient (Wildman–Crippen LogP) is 3.89. The van der Waals surface area contributed by atoms with Gasteiger partial charge in [-0.25, -0.2) is 0 Å². The molecular weight excluding hydrogens is 245 g/mol. The maximum absolute atomic E-state index is 5.85. The Hall–Kier alpha value is -0.440. The van der Waals surface area contributed by atoms with Crippen LogP contribution in [0.3, 0.4) is 0 Å². The molecule has 0 aliphatic heterocycles. The number of hydrogen-bond acceptors (Lipinski definition) is 2. The van der Waals surface area contributed by atoms with Crippen molar-refractivity contribution < 1.29 is 4.74 Å². The Morgan fingerprint density at radius 1 is 0.938 bits per heavy atom. The molecule has 0 unspecified atom stereocenters. The van der Waals surface area contributed by atoms with Gasteiger partial charge in [0.05, 0.1) is 6.61 Å². The molecule has 0 aliphatic carbocycles. The average molecular weight is 262 g/mol. The summed E-state index contributed by atoms with van der Waals surface area (Å²) in [6, 6.07) is 5.23. The van der Waals surface area contributed by atoms with E-state index in [4.69, 9.17) is 33.7 Å². The molecule has 2 nitrogen and oxygen atoms in total. The Kier molecular flexibility index (Phi) is 6.62. The van der Waals surface area contributed by atoms with Crippen molar-refractivity contribution in [2.24, 2.45) is 5.73 Å². The molecule has 0 heterocycles. The maximum Gasteiger partial charge on any atom is 0.122 e. The lowest BCUT2D eigenvalue weighted by atomic mass is 10.2. The number of ether oxygens (including phenoxy) is 1. The van der Waals surface area contributed by atoms with Crippen LogP contribution in [0.1, 0.15) is 25.7 Å². The van der Waals surface area contributed by atoms with E-state index in [9.17, 15) is 0 Å². The van der Waals surface area contributed by atoms with Gasteiger partial charge in [0.15, 0.2) is 0 Å². The summed E-state index contributed by atoms with van der Waals surface area (Å²) in [5, 5.41) is 1.20. The van der Waals surface area contributed by atoms with Gasteiger partial charge in [-0.05, 0) is 37.6 Å². The minimum Gasteiger partial charge on any atom is -0.493 e. The van der Waals surface area contributed by atoms with Gasteiger partial charge in [-0.2, -0.15) is 0 Å². The number of benzene rings is 1. The van der Waals surface area contributed by atoms with E-state index in [1.807, 2.05) is 0 Å². The monoisotopic (exact) mass is 261 g/mol. The summed E-state index contributed by atoms with van der Waals surface area (Å²) in [7, 11) is 0. The first-order chi connectivity index (χ1) is 7.72. The largest absolute Gasteiger partial charge is 0.493 e. The number of halogens is 2. The molecule has 1 aromatic rings. The van der Waals surface area contributed by atoms with Crippen molar-refractivity contribution in [2.75, 3.05) is 13.2 Å². The average Bonchev–Trinajstić information content (AvgIpc) is 2.22. The lowest BCUT2D eigenvalue weighted by Crippen LogP contribution is -2.00. The second-order valence-corrected chi connectivity index (χ2v) is 4.53. The van der Waals surface area contributed by atoms with Gasteiger partial charge in [0.1, 0.15) is 5.75 Å². The fourth-order valence-electron chi connectivity index (χ4n) is 1.40. The van der Waals surface area contributed by atoms with Gasteiger partial charge in [0.25, 0.3) is 0 Å². The van der Waals surface area contributed by atoms with Crippen molar-refractivity contribution in [1.82, 2.24) is 0 Å². The van der Waals surface area contributed by atoms with Crippen LogP contribution in [0.5, 0.6) is 5.75 Å². The maximum atomic E-state index is 5.85. The molecule has 1 rings (SSSR count). The Balaban J connectivity index is 2.21. The first-order valence-corrected chi connectivity index (χ1v) is 6.27. The summed E-state index contributed by atoms with van der Waals surface area (Å²) in [5.41, 5.74) is 5.41. The minimum absolute atomic E-state index is 0.602. The SMILES string of the molecule is NCCCCCCOc1cc(Cl)cc(Cl)c1. The molecule has 2 N–H and O–H groups in total. The summed E-state index contributed by atoms with van der Waals surface area (Å²) in [6.45, 7) is 1.46. The zero-order valence-corrected chi connectivity index (χ0v) is 10.7. The molecule has 0 bridgehead atoms. The van der Waals surface area contributed by atoms with Crippen LogP contribution >= 0.6 is 23.2 Å². The number of unbranched alkanes of at least 4 members (excludes halogenated alkanes) is 3. The fourth-order valence-corrected chi connectivity index (χ4v) is 1.91. The topological polar surface area (TPSA) is 35.2 Å². The number of rotatable bonds is 7. The van der Waals surface area contributed by atoms with E-state index in [2.05, 4.69) is 0 Å². The molecular formula is C12H17Cl2NO. The molecule has 0 atom stereocenters. The van der Waals surface area contributed by atoms with Crippen molar-refractivity contribution in [3.63, 3.8) is 0 Å². The molecule has 0 aromatic heterocycles. The van der Waals surface area contributed by atoms with Gasteiger partial charge < -0.3 is 10.5 Å². The lowest BCUT2D eigenvalue weighted by molar-refractivity contribution is 0.305. The van der Waals surface area contributed by atoms with Crippen LogP contribution in [0.15, 0.2) is 18.2 Å². The third-order valence-electron chi connectivity index (χ3n) is 2.20. The van der Waals surface area contributed by atoms with Crippen LogP contribution < -0.4 is 10.5 Å². The van der Waals surface area contributed by atoms with Gasteiger partial charge in [-0.1, -0.05) is 36.0 Å². The van der Waals surface area contributed by atoms with E-state index in [1.54, 1.807) is 18.2 Å². The van der Waals surface area contributed by atoms with Gasteiger partial charge in [-0.3, -0.25) is 0 Å². The molecule has 0 radical (unpaired) electrons. The standard InChI is InChI=1S/C12H17Cl2NO/c13-10-7-11(14)9-12(8-10)16-6-4-2-1-3-5-15/h7-9H,1-6,15H2. The van der Waals surface area contributed by atoms with Crippen LogP contribution in [0.25, 0.3) is 0 Å². The zero-order chi connectivity index (χ0) is 11.8. The van der Waals surface area contributed by atoms with E-state index in [1.165, 1.54) is 0 Å². The lowest BCUT2D eigenvalue weighted by Gasteiger charge is -2.06. The van der Waals surface area contributed by atoms with Crippen LogP contribution in [-0.2, 0) is 0 Å². The summed E-state index contributed by atoms with van der Waals surface area (Å²) in [5.74, 6) is 0.733. The highest BCUT2D eigenvalue weighted by molar-refractivity contribution is 6.34. The third kappa shape index (κ3) is 5.59. The fraction of sp³-hybridized carbons (Fsp3) is 0.500. The normalized spacial score (nSPS) is 10.4. The minimum atomic E-state index is 0.602. The van der Waals surface area contributed by atoms with Gasteiger partial charge in [0.2, 0.25) is 0 Å². The number of nitrogens with two attached hydrogens (primary N) is 1. The molecule has 0 aliphatic rings. The molecule has 4 heteroatoms. The summed E-state index contributed by atoms with van der Waals surface area (Å²) < 4.78 is 5.55. The quantitative estimate of drug-likeness (QED) is 0.756. The third-order valence-corrected chi connectivity index (χ3v) is 2.64. The summed E-state index contributed by atoms with van der Waals surface area (Å²) in [4.78, 5) is 0. The first-order valence-electron chi connectivity index (χ1n) is 5.51. The second-order valence-electron chi connectivity index (χ2n) is 3.66.